The molecule has 0 saturated carbocycles. The van der Waals surface area contributed by atoms with Crippen molar-refractivity contribution in [2.75, 3.05) is 5.75 Å². The Morgan fingerprint density at radius 2 is 2.17 bits per heavy atom. The van der Waals surface area contributed by atoms with E-state index in [-0.39, 0.29) is 0 Å². The van der Waals surface area contributed by atoms with E-state index < -0.39 is 10.8 Å². The van der Waals surface area contributed by atoms with Crippen molar-refractivity contribution in [3.8, 4) is 0 Å². The first-order valence-corrected chi connectivity index (χ1v) is 7.52. The van der Waals surface area contributed by atoms with Gasteiger partial charge in [-0.25, -0.2) is 0 Å². The van der Waals surface area contributed by atoms with Crippen LogP contribution in [0.25, 0.3) is 0 Å². The van der Waals surface area contributed by atoms with Crippen molar-refractivity contribution in [2.24, 2.45) is 0 Å². The maximum atomic E-state index is 11.9. The van der Waals surface area contributed by atoms with Crippen LogP contribution in [0.4, 0.5) is 0 Å². The van der Waals surface area contributed by atoms with E-state index in [1.165, 1.54) is 0 Å². The van der Waals surface area contributed by atoms with E-state index in [4.69, 9.17) is 16.1 Å². The third-order valence-electron chi connectivity index (χ3n) is 2.54. The van der Waals surface area contributed by atoms with Crippen molar-refractivity contribution in [3.63, 3.8) is 0 Å². The van der Waals surface area contributed by atoms with Crippen LogP contribution in [-0.4, -0.2) is 15.1 Å². The van der Waals surface area contributed by atoms with Gasteiger partial charge in [0.2, 0.25) is 0 Å². The highest BCUT2D eigenvalue weighted by molar-refractivity contribution is 7.84. The van der Waals surface area contributed by atoms with Gasteiger partial charge in [-0.2, -0.15) is 0 Å². The number of benzene rings is 1. The van der Waals surface area contributed by atoms with Crippen molar-refractivity contribution < 1.29 is 8.73 Å². The van der Waals surface area contributed by atoms with Crippen LogP contribution < -0.4 is 0 Å². The van der Waals surface area contributed by atoms with Gasteiger partial charge in [-0.15, -0.1) is 0 Å². The molecule has 0 fully saturated rings. The molecule has 0 amide bonds. The van der Waals surface area contributed by atoms with E-state index in [1.54, 1.807) is 0 Å². The highest BCUT2D eigenvalue weighted by Crippen LogP contribution is 2.16. The molecular weight excluding hydrogens is 270 g/mol. The van der Waals surface area contributed by atoms with Gasteiger partial charge in [0.15, 0.2) is 0 Å². The molecule has 0 N–H and O–H groups in total. The number of nitrogens with zero attached hydrogens (tertiary/aromatic N) is 1. The zero-order chi connectivity index (χ0) is 13.0. The highest BCUT2D eigenvalue weighted by Gasteiger charge is 2.08. The SMILES string of the molecule is Cc1cc(C[S@@](=O)CCc2ccccc2Cl)on1. The summed E-state index contributed by atoms with van der Waals surface area (Å²) in [5.41, 5.74) is 1.84. The van der Waals surface area contributed by atoms with Gasteiger partial charge in [0, 0.05) is 27.6 Å². The molecule has 2 aromatic rings. The van der Waals surface area contributed by atoms with Crippen LogP contribution in [0.2, 0.25) is 5.02 Å². The Balaban J connectivity index is 1.87. The van der Waals surface area contributed by atoms with Crippen LogP contribution in [0.3, 0.4) is 0 Å². The Morgan fingerprint density at radius 1 is 1.39 bits per heavy atom. The van der Waals surface area contributed by atoms with Crippen LogP contribution >= 0.6 is 11.6 Å². The quantitative estimate of drug-likeness (QED) is 0.847. The summed E-state index contributed by atoms with van der Waals surface area (Å²) in [7, 11) is -0.959. The predicted octanol–water partition coefficient (Wildman–Crippen LogP) is 3.13. The minimum absolute atomic E-state index is 0.408. The third-order valence-corrected chi connectivity index (χ3v) is 4.17. The van der Waals surface area contributed by atoms with Gasteiger partial charge in [-0.05, 0) is 25.0 Å². The van der Waals surface area contributed by atoms with Crippen molar-refractivity contribution in [1.29, 1.82) is 0 Å². The molecule has 18 heavy (non-hydrogen) atoms. The van der Waals surface area contributed by atoms with Gasteiger partial charge in [-0.1, -0.05) is 35.0 Å². The van der Waals surface area contributed by atoms with Gasteiger partial charge in [0.05, 0.1) is 11.4 Å². The van der Waals surface area contributed by atoms with Gasteiger partial charge >= 0.3 is 0 Å². The lowest BCUT2D eigenvalue weighted by Gasteiger charge is -2.03. The maximum absolute atomic E-state index is 11.9. The Labute approximate surface area is 114 Å². The summed E-state index contributed by atoms with van der Waals surface area (Å²) in [6, 6.07) is 9.44. The first-order chi connectivity index (χ1) is 8.65. The molecule has 1 aromatic carbocycles. The van der Waals surface area contributed by atoms with Crippen molar-refractivity contribution >= 4 is 22.4 Å². The van der Waals surface area contributed by atoms with E-state index in [0.29, 0.717) is 23.7 Å². The summed E-state index contributed by atoms with van der Waals surface area (Å²) in [5.74, 6) is 1.65. The third kappa shape index (κ3) is 3.68. The fourth-order valence-corrected chi connectivity index (χ4v) is 2.92. The minimum atomic E-state index is -0.959. The molecule has 3 nitrogen and oxygen atoms in total. The van der Waals surface area contributed by atoms with E-state index >= 15 is 0 Å². The lowest BCUT2D eigenvalue weighted by Crippen LogP contribution is -2.03. The summed E-state index contributed by atoms with van der Waals surface area (Å²) < 4.78 is 16.9. The van der Waals surface area contributed by atoms with Crippen LogP contribution in [0.5, 0.6) is 0 Å². The number of halogens is 1. The number of rotatable bonds is 5. The molecule has 0 radical (unpaired) electrons. The second-order valence-electron chi connectivity index (χ2n) is 4.06. The second kappa shape index (κ2) is 6.16. The molecule has 96 valence electrons. The smallest absolute Gasteiger partial charge is 0.149 e. The largest absolute Gasteiger partial charge is 0.360 e. The van der Waals surface area contributed by atoms with E-state index in [2.05, 4.69) is 5.16 Å². The average Bonchev–Trinajstić information content (AvgIpc) is 2.74. The molecule has 0 aliphatic rings. The predicted molar refractivity (Wildman–Crippen MR) is 73.1 cm³/mol. The Bertz CT molecular complexity index is 553. The Hall–Kier alpha value is -1.13. The molecule has 0 saturated heterocycles. The summed E-state index contributed by atoms with van der Waals surface area (Å²) in [5, 5.41) is 4.50. The Kier molecular flexibility index (Phi) is 4.55. The molecule has 0 aliphatic heterocycles. The van der Waals surface area contributed by atoms with Crippen molar-refractivity contribution in [3.05, 3.63) is 52.4 Å². The maximum Gasteiger partial charge on any atom is 0.149 e. The molecule has 0 spiro atoms. The normalized spacial score (nSPS) is 12.6. The van der Waals surface area contributed by atoms with Gasteiger partial charge in [0.25, 0.3) is 0 Å². The molecule has 1 aromatic heterocycles. The first-order valence-electron chi connectivity index (χ1n) is 5.66. The molecule has 1 heterocycles. The second-order valence-corrected chi connectivity index (χ2v) is 6.05. The fraction of sp³-hybridized carbons (Fsp3) is 0.308. The van der Waals surface area contributed by atoms with E-state index in [0.717, 1.165) is 16.3 Å². The average molecular weight is 284 g/mol. The first kappa shape index (κ1) is 13.3. The lowest BCUT2D eigenvalue weighted by molar-refractivity contribution is 0.390. The number of hydrogen-bond acceptors (Lipinski definition) is 3. The lowest BCUT2D eigenvalue weighted by atomic mass is 10.2. The van der Waals surface area contributed by atoms with Crippen molar-refractivity contribution in [1.82, 2.24) is 5.16 Å². The summed E-state index contributed by atoms with van der Waals surface area (Å²) >= 11 is 6.04. The molecule has 2 rings (SSSR count). The van der Waals surface area contributed by atoms with Crippen molar-refractivity contribution in [2.45, 2.75) is 19.1 Å². The van der Waals surface area contributed by atoms with Gasteiger partial charge in [0.1, 0.15) is 5.76 Å². The monoisotopic (exact) mass is 283 g/mol. The number of aromatic nitrogens is 1. The van der Waals surface area contributed by atoms with E-state index in [1.807, 2.05) is 37.3 Å². The fourth-order valence-electron chi connectivity index (χ4n) is 1.64. The number of hydrogen-bond donors (Lipinski definition) is 0. The Morgan fingerprint density at radius 3 is 2.83 bits per heavy atom. The summed E-state index contributed by atoms with van der Waals surface area (Å²) in [4.78, 5) is 0. The van der Waals surface area contributed by atoms with Gasteiger partial charge in [-0.3, -0.25) is 4.21 Å². The van der Waals surface area contributed by atoms with E-state index in [9.17, 15) is 4.21 Å². The van der Waals surface area contributed by atoms with Crippen LogP contribution in [0, 0.1) is 6.92 Å². The topological polar surface area (TPSA) is 43.1 Å². The molecular formula is C13H14ClNO2S. The van der Waals surface area contributed by atoms with Crippen LogP contribution in [0.15, 0.2) is 34.9 Å². The molecule has 5 heteroatoms. The standard InChI is InChI=1S/C13H14ClNO2S/c1-10-8-12(17-15-10)9-18(16)7-6-11-4-2-3-5-13(11)14/h2-5,8H,6-7,9H2,1H3/t18-/m0/s1. The highest BCUT2D eigenvalue weighted by atomic mass is 35.5. The summed E-state index contributed by atoms with van der Waals surface area (Å²) in [6.07, 6.45) is 0.708. The molecule has 0 unspecified atom stereocenters. The summed E-state index contributed by atoms with van der Waals surface area (Å²) in [6.45, 7) is 1.85. The van der Waals surface area contributed by atoms with Gasteiger partial charge < -0.3 is 4.52 Å². The zero-order valence-corrected chi connectivity index (χ0v) is 11.6. The molecule has 0 aliphatic carbocycles. The van der Waals surface area contributed by atoms with Crippen LogP contribution in [-0.2, 0) is 23.0 Å². The molecule has 1 atom stereocenters. The molecule has 0 bridgehead atoms. The number of aryl methyl sites for hydroxylation is 2. The minimum Gasteiger partial charge on any atom is -0.360 e. The van der Waals surface area contributed by atoms with Crippen LogP contribution in [0.1, 0.15) is 17.0 Å². The zero-order valence-electron chi connectivity index (χ0n) is 10.1.